The lowest BCUT2D eigenvalue weighted by Gasteiger charge is -2.37. The molecule has 0 saturated heterocycles. The van der Waals surface area contributed by atoms with Crippen molar-refractivity contribution < 1.29 is 14.7 Å². The van der Waals surface area contributed by atoms with Crippen LogP contribution in [0.25, 0.3) is 0 Å². The summed E-state index contributed by atoms with van der Waals surface area (Å²) >= 11 is 0. The lowest BCUT2D eigenvalue weighted by molar-refractivity contribution is -0.150. The molecule has 0 aromatic carbocycles. The molecular formula is C14H25NO3. The minimum Gasteiger partial charge on any atom is -0.480 e. The molecule has 1 aliphatic carbocycles. The maximum absolute atomic E-state index is 12.1. The van der Waals surface area contributed by atoms with Crippen molar-refractivity contribution in [3.8, 4) is 0 Å². The number of hydrogen-bond donors (Lipinski definition) is 2. The number of nitrogens with one attached hydrogen (secondary N) is 1. The molecule has 0 spiro atoms. The first kappa shape index (κ1) is 15.0. The van der Waals surface area contributed by atoms with E-state index in [2.05, 4.69) is 12.2 Å². The molecule has 1 aliphatic rings. The molecule has 0 heterocycles. The zero-order chi connectivity index (χ0) is 13.8. The number of hydrogen-bond acceptors (Lipinski definition) is 2. The number of carbonyl (C=O) groups is 2. The molecule has 2 N–H and O–H groups in total. The third kappa shape index (κ3) is 3.24. The van der Waals surface area contributed by atoms with Crippen molar-refractivity contribution in [2.24, 2.45) is 11.8 Å². The van der Waals surface area contributed by atoms with E-state index in [1.165, 1.54) is 0 Å². The van der Waals surface area contributed by atoms with Gasteiger partial charge in [-0.25, -0.2) is 4.79 Å². The van der Waals surface area contributed by atoms with E-state index in [1.807, 2.05) is 13.8 Å². The Balaban J connectivity index is 2.75. The molecule has 0 radical (unpaired) electrons. The van der Waals surface area contributed by atoms with Gasteiger partial charge in [-0.3, -0.25) is 4.79 Å². The molecule has 4 nitrogen and oxygen atoms in total. The highest BCUT2D eigenvalue weighted by Crippen LogP contribution is 2.32. The van der Waals surface area contributed by atoms with Crippen molar-refractivity contribution in [1.82, 2.24) is 5.32 Å². The molecule has 4 heteroatoms. The first-order chi connectivity index (χ1) is 8.45. The Labute approximate surface area is 109 Å². The predicted octanol–water partition coefficient (Wildman–Crippen LogP) is 2.57. The summed E-state index contributed by atoms with van der Waals surface area (Å²) in [5.74, 6) is -0.492. The average molecular weight is 255 g/mol. The monoisotopic (exact) mass is 255 g/mol. The van der Waals surface area contributed by atoms with E-state index < -0.39 is 11.5 Å². The Morgan fingerprint density at radius 1 is 1.28 bits per heavy atom. The fourth-order valence-corrected chi connectivity index (χ4v) is 2.64. The summed E-state index contributed by atoms with van der Waals surface area (Å²) in [6.45, 7) is 6.06. The van der Waals surface area contributed by atoms with E-state index in [0.29, 0.717) is 18.8 Å². The largest absolute Gasteiger partial charge is 0.480 e. The molecule has 104 valence electrons. The lowest BCUT2D eigenvalue weighted by atomic mass is 9.76. The van der Waals surface area contributed by atoms with Crippen molar-refractivity contribution in [1.29, 1.82) is 0 Å². The minimum atomic E-state index is -1.02. The zero-order valence-electron chi connectivity index (χ0n) is 11.7. The summed E-state index contributed by atoms with van der Waals surface area (Å²) in [4.78, 5) is 23.6. The first-order valence-corrected chi connectivity index (χ1v) is 7.00. The summed E-state index contributed by atoms with van der Waals surface area (Å²) in [5.41, 5.74) is -1.02. The van der Waals surface area contributed by atoms with Gasteiger partial charge in [-0.1, -0.05) is 20.8 Å². The van der Waals surface area contributed by atoms with E-state index >= 15 is 0 Å². The summed E-state index contributed by atoms with van der Waals surface area (Å²) in [6, 6.07) is 0. The van der Waals surface area contributed by atoms with Crippen LogP contribution in [0.5, 0.6) is 0 Å². The molecular weight excluding hydrogens is 230 g/mol. The highest BCUT2D eigenvalue weighted by molar-refractivity contribution is 5.88. The first-order valence-electron chi connectivity index (χ1n) is 7.00. The van der Waals surface area contributed by atoms with Gasteiger partial charge in [0, 0.05) is 5.92 Å². The van der Waals surface area contributed by atoms with E-state index in [0.717, 1.165) is 25.7 Å². The SMILES string of the molecule is CCC(CC)C(=O)NC1(C(=O)O)CCC(C)CC1. The summed E-state index contributed by atoms with van der Waals surface area (Å²) in [7, 11) is 0. The lowest BCUT2D eigenvalue weighted by Crippen LogP contribution is -2.57. The van der Waals surface area contributed by atoms with E-state index in [4.69, 9.17) is 0 Å². The second kappa shape index (κ2) is 6.21. The van der Waals surface area contributed by atoms with Crippen LogP contribution in [0.3, 0.4) is 0 Å². The third-order valence-electron chi connectivity index (χ3n) is 4.26. The maximum Gasteiger partial charge on any atom is 0.329 e. The van der Waals surface area contributed by atoms with Crippen molar-refractivity contribution >= 4 is 11.9 Å². The predicted molar refractivity (Wildman–Crippen MR) is 70.2 cm³/mol. The quantitative estimate of drug-likeness (QED) is 0.793. The summed E-state index contributed by atoms with van der Waals surface area (Å²) in [6.07, 6.45) is 4.36. The van der Waals surface area contributed by atoms with Gasteiger partial charge in [-0.05, 0) is 44.4 Å². The Morgan fingerprint density at radius 3 is 2.17 bits per heavy atom. The van der Waals surface area contributed by atoms with Gasteiger partial charge in [0.2, 0.25) is 5.91 Å². The van der Waals surface area contributed by atoms with Gasteiger partial charge in [0.25, 0.3) is 0 Å². The Bertz CT molecular complexity index is 302. The molecule has 0 aromatic rings. The summed E-state index contributed by atoms with van der Waals surface area (Å²) < 4.78 is 0. The fraction of sp³-hybridized carbons (Fsp3) is 0.857. The molecule has 1 saturated carbocycles. The number of amides is 1. The molecule has 0 aromatic heterocycles. The maximum atomic E-state index is 12.1. The second-order valence-corrected chi connectivity index (χ2v) is 5.57. The fourth-order valence-electron chi connectivity index (χ4n) is 2.64. The summed E-state index contributed by atoms with van der Waals surface area (Å²) in [5, 5.41) is 12.3. The van der Waals surface area contributed by atoms with Gasteiger partial charge in [0.15, 0.2) is 0 Å². The van der Waals surface area contributed by atoms with Gasteiger partial charge in [-0.15, -0.1) is 0 Å². The highest BCUT2D eigenvalue weighted by atomic mass is 16.4. The van der Waals surface area contributed by atoms with Gasteiger partial charge < -0.3 is 10.4 Å². The smallest absolute Gasteiger partial charge is 0.329 e. The van der Waals surface area contributed by atoms with Crippen LogP contribution in [0.1, 0.15) is 59.3 Å². The molecule has 1 amide bonds. The van der Waals surface area contributed by atoms with Crippen molar-refractivity contribution in [3.63, 3.8) is 0 Å². The zero-order valence-corrected chi connectivity index (χ0v) is 11.7. The number of carbonyl (C=O) groups excluding carboxylic acids is 1. The van der Waals surface area contributed by atoms with Crippen LogP contribution < -0.4 is 5.32 Å². The van der Waals surface area contributed by atoms with Gasteiger partial charge in [0.1, 0.15) is 5.54 Å². The molecule has 0 unspecified atom stereocenters. The van der Waals surface area contributed by atoms with Crippen LogP contribution in [0.2, 0.25) is 0 Å². The Morgan fingerprint density at radius 2 is 1.78 bits per heavy atom. The van der Waals surface area contributed by atoms with Crippen LogP contribution >= 0.6 is 0 Å². The van der Waals surface area contributed by atoms with Gasteiger partial charge in [-0.2, -0.15) is 0 Å². The number of aliphatic carboxylic acids is 1. The number of carboxylic acid groups (broad SMARTS) is 1. The standard InChI is InChI=1S/C14H25NO3/c1-4-11(5-2)12(16)15-14(13(17)18)8-6-10(3)7-9-14/h10-11H,4-9H2,1-3H3,(H,15,16)(H,17,18). The van der Waals surface area contributed by atoms with E-state index in [9.17, 15) is 14.7 Å². The molecule has 1 rings (SSSR count). The van der Waals surface area contributed by atoms with Crippen LogP contribution in [0.4, 0.5) is 0 Å². The van der Waals surface area contributed by atoms with Gasteiger partial charge >= 0.3 is 5.97 Å². The van der Waals surface area contributed by atoms with Crippen molar-refractivity contribution in [3.05, 3.63) is 0 Å². The average Bonchev–Trinajstić information content (AvgIpc) is 2.33. The van der Waals surface area contributed by atoms with E-state index in [1.54, 1.807) is 0 Å². The van der Waals surface area contributed by atoms with Crippen LogP contribution in [-0.2, 0) is 9.59 Å². The molecule has 0 aliphatic heterocycles. The molecule has 0 atom stereocenters. The van der Waals surface area contributed by atoms with Crippen molar-refractivity contribution in [2.75, 3.05) is 0 Å². The van der Waals surface area contributed by atoms with Gasteiger partial charge in [0.05, 0.1) is 0 Å². The molecule has 18 heavy (non-hydrogen) atoms. The van der Waals surface area contributed by atoms with Crippen LogP contribution in [0.15, 0.2) is 0 Å². The van der Waals surface area contributed by atoms with Crippen molar-refractivity contribution in [2.45, 2.75) is 64.8 Å². The molecule has 0 bridgehead atoms. The topological polar surface area (TPSA) is 66.4 Å². The minimum absolute atomic E-state index is 0.0689. The Hall–Kier alpha value is -1.06. The van der Waals surface area contributed by atoms with Crippen LogP contribution in [-0.4, -0.2) is 22.5 Å². The number of rotatable bonds is 5. The molecule has 1 fully saturated rings. The Kier molecular flexibility index (Phi) is 5.17. The van der Waals surface area contributed by atoms with E-state index in [-0.39, 0.29) is 11.8 Å². The third-order valence-corrected chi connectivity index (χ3v) is 4.26. The van der Waals surface area contributed by atoms with Crippen LogP contribution in [0, 0.1) is 11.8 Å². The number of carboxylic acids is 1. The normalized spacial score (nSPS) is 28.1. The second-order valence-electron chi connectivity index (χ2n) is 5.57. The highest BCUT2D eigenvalue weighted by Gasteiger charge is 2.43.